The summed E-state index contributed by atoms with van der Waals surface area (Å²) in [5.74, 6) is -1.35. The molecule has 0 saturated carbocycles. The van der Waals surface area contributed by atoms with Gasteiger partial charge in [0.2, 0.25) is 5.91 Å². The normalized spacial score (nSPS) is 23.3. The molecule has 4 aromatic carbocycles. The van der Waals surface area contributed by atoms with E-state index in [0.29, 0.717) is 37.6 Å². The number of ketones is 2. The molecule has 42 heavy (non-hydrogen) atoms. The Morgan fingerprint density at radius 2 is 1.64 bits per heavy atom. The molecule has 6 nitrogen and oxygen atoms in total. The first-order valence-corrected chi connectivity index (χ1v) is 14.7. The Kier molecular flexibility index (Phi) is 6.33. The second-order valence-corrected chi connectivity index (χ2v) is 11.9. The highest BCUT2D eigenvalue weighted by atomic mass is 79.9. The highest BCUT2D eigenvalue weighted by Crippen LogP contribution is 2.58. The number of benzene rings is 4. The van der Waals surface area contributed by atoms with Crippen molar-refractivity contribution in [2.45, 2.75) is 17.5 Å². The fraction of sp³-hybridized carbons (Fsp3) is 0.147. The standard InChI is InChI=1S/C34H24BrClN2O4/c1-42-27-16-12-21(18-24(27)35)32(40)30-29(31(39)20-10-14-22(36)15-11-20)34(23-7-3-4-8-25(23)37-33(34)41)28-17-13-19-6-2-5-9-26(19)38(28)30/h2-18,28-30H,1H3,(H,37,41)/t28-,29+,30-,34+/m0/s1. The molecule has 0 bridgehead atoms. The molecule has 3 heterocycles. The molecule has 0 aliphatic carbocycles. The van der Waals surface area contributed by atoms with Crippen LogP contribution in [-0.2, 0) is 10.2 Å². The smallest absolute Gasteiger partial charge is 0.238 e. The van der Waals surface area contributed by atoms with Gasteiger partial charge in [0.25, 0.3) is 0 Å². The number of anilines is 2. The van der Waals surface area contributed by atoms with Gasteiger partial charge in [-0.1, -0.05) is 60.2 Å². The number of para-hydroxylation sites is 2. The fourth-order valence-electron chi connectivity index (χ4n) is 6.90. The molecule has 208 valence electrons. The van der Waals surface area contributed by atoms with E-state index in [-0.39, 0.29) is 17.5 Å². The van der Waals surface area contributed by atoms with Crippen LogP contribution in [0.1, 0.15) is 31.8 Å². The molecule has 3 aliphatic rings. The lowest BCUT2D eigenvalue weighted by Crippen LogP contribution is -2.51. The van der Waals surface area contributed by atoms with Gasteiger partial charge in [0.1, 0.15) is 17.2 Å². The van der Waals surface area contributed by atoms with E-state index in [1.807, 2.05) is 65.6 Å². The Morgan fingerprint density at radius 1 is 0.929 bits per heavy atom. The van der Waals surface area contributed by atoms with Crippen LogP contribution in [0.3, 0.4) is 0 Å². The van der Waals surface area contributed by atoms with Crippen LogP contribution in [0.2, 0.25) is 5.02 Å². The van der Waals surface area contributed by atoms with E-state index in [4.69, 9.17) is 16.3 Å². The van der Waals surface area contributed by atoms with Crippen molar-refractivity contribution in [1.29, 1.82) is 0 Å². The zero-order valence-corrected chi connectivity index (χ0v) is 24.7. The number of nitrogens with zero attached hydrogens (tertiary/aromatic N) is 1. The zero-order chi connectivity index (χ0) is 29.2. The van der Waals surface area contributed by atoms with Crippen molar-refractivity contribution in [3.63, 3.8) is 0 Å². The molecule has 1 amide bonds. The van der Waals surface area contributed by atoms with Gasteiger partial charge >= 0.3 is 0 Å². The molecule has 0 unspecified atom stereocenters. The lowest BCUT2D eigenvalue weighted by Gasteiger charge is -2.37. The van der Waals surface area contributed by atoms with Gasteiger partial charge in [-0.05, 0) is 81.7 Å². The Hall–Kier alpha value is -4.20. The number of hydrogen-bond acceptors (Lipinski definition) is 5. The summed E-state index contributed by atoms with van der Waals surface area (Å²) in [5, 5.41) is 3.54. The van der Waals surface area contributed by atoms with E-state index in [9.17, 15) is 14.4 Å². The van der Waals surface area contributed by atoms with Gasteiger partial charge in [-0.15, -0.1) is 0 Å². The topological polar surface area (TPSA) is 75.7 Å². The molecular weight excluding hydrogens is 616 g/mol. The maximum atomic E-state index is 14.8. The first-order valence-electron chi connectivity index (χ1n) is 13.5. The molecule has 1 fully saturated rings. The number of fused-ring (bicyclic) bond motifs is 6. The first-order chi connectivity index (χ1) is 20.4. The fourth-order valence-corrected chi connectivity index (χ4v) is 7.57. The summed E-state index contributed by atoms with van der Waals surface area (Å²) >= 11 is 9.69. The van der Waals surface area contributed by atoms with E-state index in [2.05, 4.69) is 21.2 Å². The summed E-state index contributed by atoms with van der Waals surface area (Å²) in [4.78, 5) is 45.9. The van der Waals surface area contributed by atoms with Crippen molar-refractivity contribution in [3.8, 4) is 5.75 Å². The van der Waals surface area contributed by atoms with Gasteiger partial charge in [0.15, 0.2) is 11.6 Å². The van der Waals surface area contributed by atoms with Crippen molar-refractivity contribution in [3.05, 3.63) is 129 Å². The summed E-state index contributed by atoms with van der Waals surface area (Å²) in [5.41, 5.74) is 2.45. The van der Waals surface area contributed by atoms with Crippen molar-refractivity contribution < 1.29 is 19.1 Å². The van der Waals surface area contributed by atoms with Crippen LogP contribution >= 0.6 is 27.5 Å². The predicted octanol–water partition coefficient (Wildman–Crippen LogP) is 6.97. The largest absolute Gasteiger partial charge is 0.496 e. The predicted molar refractivity (Wildman–Crippen MR) is 167 cm³/mol. The number of hydrogen-bond donors (Lipinski definition) is 1. The number of carbonyl (C=O) groups is 3. The van der Waals surface area contributed by atoms with Crippen LogP contribution in [0.25, 0.3) is 6.08 Å². The third-order valence-corrected chi connectivity index (χ3v) is 9.53. The van der Waals surface area contributed by atoms with Crippen LogP contribution in [0.5, 0.6) is 5.75 Å². The molecule has 8 heteroatoms. The average molecular weight is 640 g/mol. The number of amides is 1. The average Bonchev–Trinajstić information content (AvgIpc) is 3.49. The Labute approximate surface area is 256 Å². The number of nitrogens with one attached hydrogen (secondary N) is 1. The zero-order valence-electron chi connectivity index (χ0n) is 22.4. The third-order valence-electron chi connectivity index (χ3n) is 8.66. The van der Waals surface area contributed by atoms with Crippen LogP contribution in [0, 0.1) is 5.92 Å². The van der Waals surface area contributed by atoms with Crippen molar-refractivity contribution in [1.82, 2.24) is 0 Å². The highest BCUT2D eigenvalue weighted by molar-refractivity contribution is 9.10. The lowest BCUT2D eigenvalue weighted by atomic mass is 9.64. The van der Waals surface area contributed by atoms with E-state index < -0.39 is 23.4 Å². The SMILES string of the molecule is COc1ccc(C(=O)[C@@H]2[C@H](C(=O)c3ccc(Cl)cc3)[C@]3(C(=O)Nc4ccccc43)[C@@H]3C=Cc4ccccc4N23)cc1Br. The molecular formula is C34H24BrClN2O4. The molecule has 0 radical (unpaired) electrons. The molecule has 4 aromatic rings. The molecule has 1 spiro atoms. The molecule has 7 rings (SSSR count). The second kappa shape index (κ2) is 9.96. The summed E-state index contributed by atoms with van der Waals surface area (Å²) in [6.07, 6.45) is 3.94. The van der Waals surface area contributed by atoms with Gasteiger partial charge < -0.3 is 15.0 Å². The maximum absolute atomic E-state index is 14.8. The minimum absolute atomic E-state index is 0.269. The van der Waals surface area contributed by atoms with Crippen LogP contribution in [0.15, 0.2) is 102 Å². The molecule has 1 N–H and O–H groups in total. The minimum Gasteiger partial charge on any atom is -0.496 e. The van der Waals surface area contributed by atoms with E-state index in [1.54, 1.807) is 49.6 Å². The van der Waals surface area contributed by atoms with Crippen molar-refractivity contribution >= 4 is 62.5 Å². The second-order valence-electron chi connectivity index (χ2n) is 10.6. The highest BCUT2D eigenvalue weighted by Gasteiger charge is 2.70. The minimum atomic E-state index is -1.37. The number of methoxy groups -OCH3 is 1. The summed E-state index contributed by atoms with van der Waals surface area (Å²) in [7, 11) is 1.56. The van der Waals surface area contributed by atoms with Gasteiger partial charge in [-0.25, -0.2) is 0 Å². The van der Waals surface area contributed by atoms with Gasteiger partial charge in [-0.2, -0.15) is 0 Å². The number of Topliss-reactive ketones (excluding diaryl/α,β-unsaturated/α-hetero) is 2. The quantitative estimate of drug-likeness (QED) is 0.239. The van der Waals surface area contributed by atoms with Crippen molar-refractivity contribution in [2.75, 3.05) is 17.3 Å². The monoisotopic (exact) mass is 638 g/mol. The van der Waals surface area contributed by atoms with E-state index in [0.717, 1.165) is 11.3 Å². The van der Waals surface area contributed by atoms with E-state index in [1.165, 1.54) is 0 Å². The van der Waals surface area contributed by atoms with Gasteiger partial charge in [-0.3, -0.25) is 14.4 Å². The van der Waals surface area contributed by atoms with Gasteiger partial charge in [0, 0.05) is 27.5 Å². The number of rotatable bonds is 5. The molecule has 4 atom stereocenters. The van der Waals surface area contributed by atoms with Crippen LogP contribution in [-0.4, -0.2) is 36.7 Å². The Bertz CT molecular complexity index is 1820. The van der Waals surface area contributed by atoms with Crippen molar-refractivity contribution in [2.24, 2.45) is 5.92 Å². The van der Waals surface area contributed by atoms with Crippen LogP contribution < -0.4 is 15.0 Å². The molecule has 0 aromatic heterocycles. The Morgan fingerprint density at radius 3 is 2.40 bits per heavy atom. The molecule has 1 saturated heterocycles. The third kappa shape index (κ3) is 3.73. The lowest BCUT2D eigenvalue weighted by molar-refractivity contribution is -0.121. The van der Waals surface area contributed by atoms with Gasteiger partial charge in [0.05, 0.1) is 23.5 Å². The number of carbonyl (C=O) groups excluding carboxylic acids is 3. The summed E-state index contributed by atoms with van der Waals surface area (Å²) in [6, 6.07) is 25.3. The van der Waals surface area contributed by atoms with Crippen LogP contribution in [0.4, 0.5) is 11.4 Å². The van der Waals surface area contributed by atoms with E-state index >= 15 is 0 Å². The maximum Gasteiger partial charge on any atom is 0.238 e. The summed E-state index contributed by atoms with van der Waals surface area (Å²) in [6.45, 7) is 0. The number of ether oxygens (including phenoxy) is 1. The Balaban J connectivity index is 1.52. The number of halogens is 2. The summed E-state index contributed by atoms with van der Waals surface area (Å²) < 4.78 is 6.01. The first kappa shape index (κ1) is 26.7. The molecule has 3 aliphatic heterocycles.